The van der Waals surface area contributed by atoms with Crippen LogP contribution in [0, 0.1) is 5.92 Å². The van der Waals surface area contributed by atoms with Crippen molar-refractivity contribution >= 4 is 11.9 Å². The van der Waals surface area contributed by atoms with Gasteiger partial charge >= 0.3 is 5.97 Å². The summed E-state index contributed by atoms with van der Waals surface area (Å²) in [6, 6.07) is -0.968. The number of esters is 1. The van der Waals surface area contributed by atoms with Gasteiger partial charge in [0.25, 0.3) is 0 Å². The third-order valence-corrected chi connectivity index (χ3v) is 3.30. The Morgan fingerprint density at radius 2 is 2.06 bits per heavy atom. The van der Waals surface area contributed by atoms with Crippen molar-refractivity contribution in [3.63, 3.8) is 0 Å². The van der Waals surface area contributed by atoms with Crippen LogP contribution in [0.2, 0.25) is 0 Å². The van der Waals surface area contributed by atoms with Crippen LogP contribution in [-0.2, 0) is 14.3 Å². The van der Waals surface area contributed by atoms with Crippen LogP contribution < -0.4 is 5.73 Å². The van der Waals surface area contributed by atoms with Gasteiger partial charge in [0.2, 0.25) is 5.91 Å². The van der Waals surface area contributed by atoms with E-state index >= 15 is 0 Å². The molecule has 1 rings (SSSR count). The summed E-state index contributed by atoms with van der Waals surface area (Å²) in [6.07, 6.45) is 3.19. The minimum Gasteiger partial charge on any atom is -0.467 e. The zero-order valence-corrected chi connectivity index (χ0v) is 11.5. The molecule has 5 heteroatoms. The van der Waals surface area contributed by atoms with Gasteiger partial charge in [-0.25, -0.2) is 4.79 Å². The molecule has 18 heavy (non-hydrogen) atoms. The summed E-state index contributed by atoms with van der Waals surface area (Å²) in [5.74, 6) is -0.0936. The normalized spacial score (nSPS) is 21.8. The van der Waals surface area contributed by atoms with E-state index in [1.807, 2.05) is 13.8 Å². The van der Waals surface area contributed by atoms with Crippen LogP contribution in [0.15, 0.2) is 0 Å². The summed E-state index contributed by atoms with van der Waals surface area (Å²) in [5.41, 5.74) is 5.91. The van der Waals surface area contributed by atoms with Crippen molar-refractivity contribution in [2.24, 2.45) is 11.7 Å². The molecule has 1 amide bonds. The van der Waals surface area contributed by atoms with Crippen LogP contribution in [0.5, 0.6) is 0 Å². The quantitative estimate of drug-likeness (QED) is 0.759. The Hall–Kier alpha value is -1.10. The molecule has 0 saturated carbocycles. The number of nitrogens with zero attached hydrogens (tertiary/aromatic N) is 1. The molecule has 1 unspecified atom stereocenters. The van der Waals surface area contributed by atoms with Gasteiger partial charge in [0.1, 0.15) is 6.04 Å². The number of hydrogen-bond acceptors (Lipinski definition) is 4. The van der Waals surface area contributed by atoms with E-state index in [1.165, 1.54) is 7.11 Å². The largest absolute Gasteiger partial charge is 0.467 e. The summed E-state index contributed by atoms with van der Waals surface area (Å²) in [5, 5.41) is 0. The lowest BCUT2D eigenvalue weighted by molar-refractivity contribution is -0.155. The third kappa shape index (κ3) is 3.70. The number of hydrogen-bond donors (Lipinski definition) is 1. The highest BCUT2D eigenvalue weighted by Gasteiger charge is 2.34. The molecule has 0 aliphatic carbocycles. The standard InChI is InChI=1S/C13H24N2O3/c1-9(2)8-10(14)12(16)15-7-5-4-6-11(15)13(17)18-3/h9-11H,4-8,14H2,1-3H3/t10-,11?/m0/s1. The van der Waals surface area contributed by atoms with Crippen LogP contribution >= 0.6 is 0 Å². The highest BCUT2D eigenvalue weighted by atomic mass is 16.5. The number of ether oxygens (including phenoxy) is 1. The first-order chi connectivity index (χ1) is 8.47. The van der Waals surface area contributed by atoms with E-state index in [0.717, 1.165) is 12.8 Å². The van der Waals surface area contributed by atoms with Crippen molar-refractivity contribution in [2.75, 3.05) is 13.7 Å². The first kappa shape index (κ1) is 15.0. The summed E-state index contributed by atoms with van der Waals surface area (Å²) in [4.78, 5) is 25.5. The van der Waals surface area contributed by atoms with Crippen LogP contribution in [0.3, 0.4) is 0 Å². The first-order valence-electron chi connectivity index (χ1n) is 6.61. The maximum Gasteiger partial charge on any atom is 0.328 e. The van der Waals surface area contributed by atoms with Gasteiger partial charge in [-0.2, -0.15) is 0 Å². The number of piperidine rings is 1. The number of rotatable bonds is 4. The Morgan fingerprint density at radius 3 is 2.61 bits per heavy atom. The average molecular weight is 256 g/mol. The van der Waals surface area contributed by atoms with E-state index in [2.05, 4.69) is 0 Å². The molecule has 104 valence electrons. The van der Waals surface area contributed by atoms with E-state index in [-0.39, 0.29) is 11.9 Å². The molecule has 0 aromatic carbocycles. The first-order valence-corrected chi connectivity index (χ1v) is 6.61. The summed E-state index contributed by atoms with van der Waals surface area (Å²) in [6.45, 7) is 4.66. The molecule has 0 bridgehead atoms. The molecular weight excluding hydrogens is 232 g/mol. The molecule has 0 spiro atoms. The van der Waals surface area contributed by atoms with Gasteiger partial charge in [-0.3, -0.25) is 4.79 Å². The van der Waals surface area contributed by atoms with Gasteiger partial charge in [0, 0.05) is 6.54 Å². The monoisotopic (exact) mass is 256 g/mol. The van der Waals surface area contributed by atoms with Crippen molar-refractivity contribution in [2.45, 2.75) is 51.6 Å². The fourth-order valence-corrected chi connectivity index (χ4v) is 2.40. The Morgan fingerprint density at radius 1 is 1.39 bits per heavy atom. The lowest BCUT2D eigenvalue weighted by Crippen LogP contribution is -2.54. The van der Waals surface area contributed by atoms with Crippen molar-refractivity contribution in [1.82, 2.24) is 4.90 Å². The molecule has 5 nitrogen and oxygen atoms in total. The molecule has 1 aliphatic heterocycles. The summed E-state index contributed by atoms with van der Waals surface area (Å²) < 4.78 is 4.76. The Labute approximate surface area is 109 Å². The van der Waals surface area contributed by atoms with E-state index in [0.29, 0.717) is 25.3 Å². The van der Waals surface area contributed by atoms with Gasteiger partial charge in [-0.15, -0.1) is 0 Å². The molecule has 1 saturated heterocycles. The number of amides is 1. The second-order valence-corrected chi connectivity index (χ2v) is 5.30. The topological polar surface area (TPSA) is 72.6 Å². The Balaban J connectivity index is 2.70. The minimum atomic E-state index is -0.518. The van der Waals surface area contributed by atoms with Gasteiger partial charge < -0.3 is 15.4 Å². The molecule has 2 N–H and O–H groups in total. The van der Waals surface area contributed by atoms with Gasteiger partial charge in [0.15, 0.2) is 0 Å². The highest BCUT2D eigenvalue weighted by Crippen LogP contribution is 2.20. The number of likely N-dealkylation sites (tertiary alicyclic amines) is 1. The predicted molar refractivity (Wildman–Crippen MR) is 68.8 cm³/mol. The Bertz CT molecular complexity index is 305. The lowest BCUT2D eigenvalue weighted by Gasteiger charge is -2.35. The van der Waals surface area contributed by atoms with E-state index in [4.69, 9.17) is 10.5 Å². The van der Waals surface area contributed by atoms with Crippen molar-refractivity contribution < 1.29 is 14.3 Å². The van der Waals surface area contributed by atoms with Gasteiger partial charge in [0.05, 0.1) is 13.2 Å². The second kappa shape index (κ2) is 6.73. The maximum absolute atomic E-state index is 12.3. The van der Waals surface area contributed by atoms with Crippen LogP contribution in [0.25, 0.3) is 0 Å². The van der Waals surface area contributed by atoms with Gasteiger partial charge in [-0.05, 0) is 31.6 Å². The van der Waals surface area contributed by atoms with Crippen LogP contribution in [0.4, 0.5) is 0 Å². The third-order valence-electron chi connectivity index (χ3n) is 3.30. The van der Waals surface area contributed by atoms with Crippen molar-refractivity contribution in [3.8, 4) is 0 Å². The molecule has 1 fully saturated rings. The van der Waals surface area contributed by atoms with E-state index in [1.54, 1.807) is 4.90 Å². The number of methoxy groups -OCH3 is 1. The molecule has 0 radical (unpaired) electrons. The van der Waals surface area contributed by atoms with Crippen molar-refractivity contribution in [3.05, 3.63) is 0 Å². The van der Waals surface area contributed by atoms with Crippen LogP contribution in [0.1, 0.15) is 39.5 Å². The summed E-state index contributed by atoms with van der Waals surface area (Å²) in [7, 11) is 1.35. The number of carbonyl (C=O) groups is 2. The molecule has 1 heterocycles. The molecular formula is C13H24N2O3. The fraction of sp³-hybridized carbons (Fsp3) is 0.846. The lowest BCUT2D eigenvalue weighted by atomic mass is 9.98. The Kier molecular flexibility index (Phi) is 5.59. The molecule has 0 aromatic rings. The van der Waals surface area contributed by atoms with Crippen LogP contribution in [-0.4, -0.2) is 42.5 Å². The average Bonchev–Trinajstić information content (AvgIpc) is 2.36. The number of carbonyl (C=O) groups excluding carboxylic acids is 2. The summed E-state index contributed by atoms with van der Waals surface area (Å²) >= 11 is 0. The molecule has 2 atom stereocenters. The van der Waals surface area contributed by atoms with E-state index < -0.39 is 12.1 Å². The van der Waals surface area contributed by atoms with Crippen molar-refractivity contribution in [1.29, 1.82) is 0 Å². The molecule has 0 aromatic heterocycles. The number of nitrogens with two attached hydrogens (primary N) is 1. The fourth-order valence-electron chi connectivity index (χ4n) is 2.40. The highest BCUT2D eigenvalue weighted by molar-refractivity contribution is 5.87. The molecule has 1 aliphatic rings. The van der Waals surface area contributed by atoms with E-state index in [9.17, 15) is 9.59 Å². The predicted octanol–water partition coefficient (Wildman–Crippen LogP) is 0.914. The van der Waals surface area contributed by atoms with Gasteiger partial charge in [-0.1, -0.05) is 13.8 Å². The SMILES string of the molecule is COC(=O)C1CCCCN1C(=O)[C@@H](N)CC(C)C. The minimum absolute atomic E-state index is 0.126. The zero-order chi connectivity index (χ0) is 13.7. The smallest absolute Gasteiger partial charge is 0.328 e. The zero-order valence-electron chi connectivity index (χ0n) is 11.5. The second-order valence-electron chi connectivity index (χ2n) is 5.30. The maximum atomic E-state index is 12.3.